The lowest BCUT2D eigenvalue weighted by Gasteiger charge is -2.09. The molecule has 0 bridgehead atoms. The Bertz CT molecular complexity index is 662. The molecular weight excluding hydrogens is 285 g/mol. The van der Waals surface area contributed by atoms with Gasteiger partial charge in [0.1, 0.15) is 17.1 Å². The number of carbonyl (C=O) groups is 1. The number of anilines is 1. The number of nitrogen functional groups attached to an aromatic ring is 1. The zero-order chi connectivity index (χ0) is 15.6. The quantitative estimate of drug-likeness (QED) is 0.698. The fraction of sp³-hybridized carbons (Fsp3) is 0.214. The summed E-state index contributed by atoms with van der Waals surface area (Å²) in [5.41, 5.74) is 4.99. The topological polar surface area (TPSA) is 57.2 Å². The number of halogens is 3. The Morgan fingerprint density at radius 1 is 1.33 bits per heavy atom. The lowest BCUT2D eigenvalue weighted by Crippen LogP contribution is -2.12. The average Bonchev–Trinajstić information content (AvgIpc) is 2.79. The van der Waals surface area contributed by atoms with Crippen LogP contribution in [0, 0.1) is 0 Å². The monoisotopic (exact) mass is 298 g/mol. The number of aryl methyl sites for hydroxylation is 1. The summed E-state index contributed by atoms with van der Waals surface area (Å²) in [6.07, 6.45) is -2.88. The van der Waals surface area contributed by atoms with Gasteiger partial charge in [-0.2, -0.15) is 13.2 Å². The van der Waals surface area contributed by atoms with Crippen LogP contribution < -0.4 is 10.5 Å². The van der Waals surface area contributed by atoms with Crippen molar-refractivity contribution in [1.29, 1.82) is 0 Å². The summed E-state index contributed by atoms with van der Waals surface area (Å²) in [6.45, 7) is 2.42. The number of carbonyl (C=O) groups excluding carboxylic acids is 1. The van der Waals surface area contributed by atoms with E-state index in [0.717, 1.165) is 12.1 Å². The molecule has 2 rings (SSSR count). The molecule has 0 fully saturated rings. The fourth-order valence-electron chi connectivity index (χ4n) is 1.83. The number of hydrogen-bond acceptors (Lipinski definition) is 3. The summed E-state index contributed by atoms with van der Waals surface area (Å²) in [5.74, 6) is -0.757. The highest BCUT2D eigenvalue weighted by atomic mass is 19.4. The molecule has 0 spiro atoms. The third-order valence-corrected chi connectivity index (χ3v) is 2.94. The van der Waals surface area contributed by atoms with Gasteiger partial charge in [-0.25, -0.2) is 4.79 Å². The zero-order valence-corrected chi connectivity index (χ0v) is 11.1. The van der Waals surface area contributed by atoms with Crippen molar-refractivity contribution in [1.82, 2.24) is 4.57 Å². The summed E-state index contributed by atoms with van der Waals surface area (Å²) in [7, 11) is 0. The van der Waals surface area contributed by atoms with E-state index in [4.69, 9.17) is 10.5 Å². The molecule has 2 aromatic rings. The van der Waals surface area contributed by atoms with Crippen LogP contribution in [0.2, 0.25) is 0 Å². The van der Waals surface area contributed by atoms with Gasteiger partial charge in [0, 0.05) is 12.7 Å². The van der Waals surface area contributed by atoms with Crippen molar-refractivity contribution in [2.45, 2.75) is 19.6 Å². The van der Waals surface area contributed by atoms with E-state index in [1.807, 2.05) is 6.92 Å². The second-order valence-corrected chi connectivity index (χ2v) is 4.32. The Hall–Kier alpha value is -2.44. The summed E-state index contributed by atoms with van der Waals surface area (Å²) in [4.78, 5) is 11.9. The van der Waals surface area contributed by atoms with Crippen LogP contribution in [-0.4, -0.2) is 10.5 Å². The molecule has 0 atom stereocenters. The standard InChI is InChI=1S/C14H13F3N2O2/c1-2-19-7-6-11(12(19)18)13(20)21-10-5-3-4-9(8-10)14(15,16)17/h3-8H,2,18H2,1H3. The van der Waals surface area contributed by atoms with Gasteiger partial charge >= 0.3 is 12.1 Å². The molecule has 112 valence electrons. The van der Waals surface area contributed by atoms with Gasteiger partial charge in [-0.1, -0.05) is 6.07 Å². The van der Waals surface area contributed by atoms with Crippen LogP contribution >= 0.6 is 0 Å². The molecule has 0 aliphatic carbocycles. The molecule has 0 radical (unpaired) electrons. The van der Waals surface area contributed by atoms with Gasteiger partial charge < -0.3 is 15.0 Å². The van der Waals surface area contributed by atoms with Gasteiger partial charge in [-0.05, 0) is 31.2 Å². The highest BCUT2D eigenvalue weighted by Gasteiger charge is 2.30. The van der Waals surface area contributed by atoms with E-state index in [1.54, 1.807) is 10.8 Å². The van der Waals surface area contributed by atoms with E-state index in [0.29, 0.717) is 6.54 Å². The van der Waals surface area contributed by atoms with Gasteiger partial charge in [-0.3, -0.25) is 0 Å². The Labute approximate surface area is 118 Å². The van der Waals surface area contributed by atoms with Crippen LogP contribution in [0.3, 0.4) is 0 Å². The fourth-order valence-corrected chi connectivity index (χ4v) is 1.83. The maximum atomic E-state index is 12.6. The van der Waals surface area contributed by atoms with E-state index in [9.17, 15) is 18.0 Å². The molecule has 0 saturated heterocycles. The van der Waals surface area contributed by atoms with Crippen molar-refractivity contribution >= 4 is 11.8 Å². The van der Waals surface area contributed by atoms with Gasteiger partial charge in [0.2, 0.25) is 0 Å². The third kappa shape index (κ3) is 3.18. The number of nitrogens with zero attached hydrogens (tertiary/aromatic N) is 1. The van der Waals surface area contributed by atoms with Gasteiger partial charge in [-0.15, -0.1) is 0 Å². The molecule has 0 saturated carbocycles. The van der Waals surface area contributed by atoms with E-state index in [1.165, 1.54) is 18.2 Å². The SMILES string of the molecule is CCn1ccc(C(=O)Oc2cccc(C(F)(F)F)c2)c1N. The van der Waals surface area contributed by atoms with Crippen molar-refractivity contribution in [3.63, 3.8) is 0 Å². The van der Waals surface area contributed by atoms with E-state index >= 15 is 0 Å². The predicted octanol–water partition coefficient (Wildman–Crippen LogP) is 3.33. The van der Waals surface area contributed by atoms with E-state index < -0.39 is 17.7 Å². The number of ether oxygens (including phenoxy) is 1. The highest BCUT2D eigenvalue weighted by Crippen LogP contribution is 2.31. The van der Waals surface area contributed by atoms with Crippen LogP contribution in [-0.2, 0) is 12.7 Å². The zero-order valence-electron chi connectivity index (χ0n) is 11.1. The number of esters is 1. The van der Waals surface area contributed by atoms with Crippen LogP contribution in [0.25, 0.3) is 0 Å². The Morgan fingerprint density at radius 2 is 2.05 bits per heavy atom. The smallest absolute Gasteiger partial charge is 0.416 e. The molecule has 1 heterocycles. The summed E-state index contributed by atoms with van der Waals surface area (Å²) >= 11 is 0. The van der Waals surface area contributed by atoms with Crippen molar-refractivity contribution in [3.05, 3.63) is 47.7 Å². The van der Waals surface area contributed by atoms with Crippen molar-refractivity contribution < 1.29 is 22.7 Å². The van der Waals surface area contributed by atoms with Crippen molar-refractivity contribution in [2.75, 3.05) is 5.73 Å². The average molecular weight is 298 g/mol. The maximum Gasteiger partial charge on any atom is 0.416 e. The van der Waals surface area contributed by atoms with Gasteiger partial charge in [0.25, 0.3) is 0 Å². The van der Waals surface area contributed by atoms with Crippen molar-refractivity contribution in [2.24, 2.45) is 0 Å². The number of aromatic nitrogens is 1. The lowest BCUT2D eigenvalue weighted by molar-refractivity contribution is -0.137. The Balaban J connectivity index is 2.22. The normalized spacial score (nSPS) is 11.4. The molecule has 7 heteroatoms. The van der Waals surface area contributed by atoms with Crippen molar-refractivity contribution in [3.8, 4) is 5.75 Å². The summed E-state index contributed by atoms with van der Waals surface area (Å²) in [6, 6.07) is 5.59. The minimum atomic E-state index is -4.49. The first-order valence-corrected chi connectivity index (χ1v) is 6.17. The minimum Gasteiger partial charge on any atom is -0.423 e. The molecule has 1 aromatic heterocycles. The largest absolute Gasteiger partial charge is 0.423 e. The lowest BCUT2D eigenvalue weighted by atomic mass is 10.2. The van der Waals surface area contributed by atoms with Crippen LogP contribution in [0.1, 0.15) is 22.8 Å². The first kappa shape index (κ1) is 15.0. The van der Waals surface area contributed by atoms with Gasteiger partial charge in [0.05, 0.1) is 5.56 Å². The third-order valence-electron chi connectivity index (χ3n) is 2.94. The second kappa shape index (κ2) is 5.51. The first-order valence-electron chi connectivity index (χ1n) is 6.17. The minimum absolute atomic E-state index is 0.120. The van der Waals surface area contributed by atoms with Crippen LogP contribution in [0.15, 0.2) is 36.5 Å². The molecule has 1 aromatic carbocycles. The van der Waals surface area contributed by atoms with Crippen LogP contribution in [0.4, 0.5) is 19.0 Å². The number of rotatable bonds is 3. The number of hydrogen-bond donors (Lipinski definition) is 1. The highest BCUT2D eigenvalue weighted by molar-refractivity contribution is 5.95. The molecule has 2 N–H and O–H groups in total. The Kier molecular flexibility index (Phi) is 3.93. The predicted molar refractivity (Wildman–Crippen MR) is 70.9 cm³/mol. The van der Waals surface area contributed by atoms with E-state index in [2.05, 4.69) is 0 Å². The molecule has 0 unspecified atom stereocenters. The Morgan fingerprint density at radius 3 is 2.62 bits per heavy atom. The molecule has 0 aliphatic heterocycles. The molecule has 4 nitrogen and oxygen atoms in total. The molecular formula is C14H13F3N2O2. The first-order chi connectivity index (χ1) is 9.82. The number of nitrogens with two attached hydrogens (primary N) is 1. The number of alkyl halides is 3. The molecule has 21 heavy (non-hydrogen) atoms. The maximum absolute atomic E-state index is 12.6. The van der Waals surface area contributed by atoms with Gasteiger partial charge in [0.15, 0.2) is 0 Å². The molecule has 0 aliphatic rings. The van der Waals surface area contributed by atoms with E-state index in [-0.39, 0.29) is 17.1 Å². The number of benzene rings is 1. The summed E-state index contributed by atoms with van der Waals surface area (Å²) in [5, 5.41) is 0. The second-order valence-electron chi connectivity index (χ2n) is 4.32. The summed E-state index contributed by atoms with van der Waals surface area (Å²) < 4.78 is 44.3. The molecule has 0 amide bonds. The van der Waals surface area contributed by atoms with Crippen LogP contribution in [0.5, 0.6) is 5.75 Å².